The zero-order chi connectivity index (χ0) is 27.6. The molecule has 2 nitrogen and oxygen atoms in total. The Morgan fingerprint density at radius 2 is 0.825 bits per heavy atom. The second kappa shape index (κ2) is 7.79. The van der Waals surface area contributed by atoms with E-state index >= 15 is 0 Å². The molecule has 0 unspecified atom stereocenters. The minimum Gasteiger partial charge on any atom is -0.248 e. The second-order valence-electron chi connectivity index (χ2n) is 13.9. The molecular weight excluding hydrogens is 484 g/mol. The van der Waals surface area contributed by atoms with E-state index in [1.165, 1.54) is 54.9 Å². The first-order valence-electron chi connectivity index (χ1n) is 14.5. The molecule has 196 valence electrons. The third-order valence-corrected chi connectivity index (χ3v) is 9.21. The Morgan fingerprint density at radius 1 is 0.475 bits per heavy atom. The maximum atomic E-state index is 5.39. The van der Waals surface area contributed by atoms with Crippen LogP contribution < -0.4 is 0 Å². The van der Waals surface area contributed by atoms with E-state index in [4.69, 9.17) is 9.97 Å². The van der Waals surface area contributed by atoms with Gasteiger partial charge in [0.25, 0.3) is 0 Å². The van der Waals surface area contributed by atoms with Gasteiger partial charge in [0, 0.05) is 0 Å². The van der Waals surface area contributed by atoms with Gasteiger partial charge in [-0.25, -0.2) is 9.97 Å². The van der Waals surface area contributed by atoms with Gasteiger partial charge in [-0.1, -0.05) is 102 Å². The first-order valence-corrected chi connectivity index (χ1v) is 14.5. The van der Waals surface area contributed by atoms with E-state index in [1.807, 2.05) is 0 Å². The van der Waals surface area contributed by atoms with Gasteiger partial charge in [0.1, 0.15) is 0 Å². The zero-order valence-corrected chi connectivity index (χ0v) is 24.1. The average Bonchev–Trinajstić information content (AvgIpc) is 2.92. The van der Waals surface area contributed by atoms with Crippen LogP contribution in [0.1, 0.15) is 98.1 Å². The van der Waals surface area contributed by atoms with Gasteiger partial charge < -0.3 is 0 Å². The molecule has 0 atom stereocenters. The molecule has 6 aromatic rings. The lowest BCUT2D eigenvalue weighted by Crippen LogP contribution is -2.29. The van der Waals surface area contributed by atoms with Gasteiger partial charge in [0.15, 0.2) is 0 Å². The van der Waals surface area contributed by atoms with Gasteiger partial charge in [-0.15, -0.1) is 0 Å². The van der Waals surface area contributed by atoms with Crippen LogP contribution in [0, 0.1) is 0 Å². The molecule has 0 saturated heterocycles. The Bertz CT molecular complexity index is 1840. The Morgan fingerprint density at radius 3 is 1.15 bits per heavy atom. The fraction of sp³-hybridized carbons (Fsp3) is 0.263. The summed E-state index contributed by atoms with van der Waals surface area (Å²) >= 11 is 0. The summed E-state index contributed by atoms with van der Waals surface area (Å²) in [6, 6.07) is 31.8. The van der Waals surface area contributed by atoms with Crippen molar-refractivity contribution in [3.63, 3.8) is 0 Å². The third-order valence-electron chi connectivity index (χ3n) is 9.21. The molecule has 2 heteroatoms. The van der Waals surface area contributed by atoms with Gasteiger partial charge in [-0.05, 0) is 90.0 Å². The highest BCUT2D eigenvalue weighted by atomic mass is 14.9. The van der Waals surface area contributed by atoms with Crippen molar-refractivity contribution < 1.29 is 0 Å². The summed E-state index contributed by atoms with van der Waals surface area (Å²) in [4.78, 5) is 10.8. The quantitative estimate of drug-likeness (QED) is 0.187. The molecule has 3 aliphatic rings. The van der Waals surface area contributed by atoms with E-state index in [9.17, 15) is 0 Å². The molecule has 0 saturated carbocycles. The van der Waals surface area contributed by atoms with Crippen LogP contribution in [0.15, 0.2) is 84.9 Å². The second-order valence-corrected chi connectivity index (χ2v) is 13.9. The molecule has 2 bridgehead atoms. The number of hydrogen-bond donors (Lipinski definition) is 0. The summed E-state index contributed by atoms with van der Waals surface area (Å²) in [5.41, 5.74) is 12.6. The van der Waals surface area contributed by atoms with Crippen LogP contribution in [-0.2, 0) is 10.8 Å². The topological polar surface area (TPSA) is 25.8 Å². The van der Waals surface area contributed by atoms with Crippen molar-refractivity contribution in [1.82, 2.24) is 9.97 Å². The molecule has 1 heterocycles. The van der Waals surface area contributed by atoms with Gasteiger partial charge in [0.2, 0.25) is 0 Å². The lowest BCUT2D eigenvalue weighted by molar-refractivity contribution is 0.585. The van der Waals surface area contributed by atoms with E-state index in [0.29, 0.717) is 0 Å². The minimum absolute atomic E-state index is 0.0537. The Balaban J connectivity index is 1.42. The van der Waals surface area contributed by atoms with Crippen LogP contribution >= 0.6 is 0 Å². The monoisotopic (exact) mass is 518 g/mol. The molecule has 0 amide bonds. The molecule has 9 rings (SSSR count). The highest BCUT2D eigenvalue weighted by molar-refractivity contribution is 6.05. The first-order chi connectivity index (χ1) is 19.1. The zero-order valence-electron chi connectivity index (χ0n) is 24.1. The number of nitrogens with zero attached hydrogens (tertiary/aromatic N) is 2. The first kappa shape index (κ1) is 23.8. The van der Waals surface area contributed by atoms with Crippen LogP contribution in [-0.4, -0.2) is 9.97 Å². The normalized spacial score (nSPS) is 17.8. The molecule has 3 aliphatic carbocycles. The summed E-state index contributed by atoms with van der Waals surface area (Å²) < 4.78 is 0. The number of hydrogen-bond acceptors (Lipinski definition) is 2. The fourth-order valence-corrected chi connectivity index (χ4v) is 7.40. The number of benzene rings is 5. The highest BCUT2D eigenvalue weighted by Crippen LogP contribution is 2.54. The van der Waals surface area contributed by atoms with E-state index in [1.54, 1.807) is 0 Å². The van der Waals surface area contributed by atoms with Crippen LogP contribution in [0.2, 0.25) is 0 Å². The Kier molecular flexibility index (Phi) is 4.64. The van der Waals surface area contributed by atoms with Crippen LogP contribution in [0.25, 0.3) is 32.6 Å². The smallest absolute Gasteiger partial charge is 0.0897 e. The summed E-state index contributed by atoms with van der Waals surface area (Å²) in [6.45, 7) is 13.9. The standard InChI is InChI=1S/C38H34N2/c1-37(2,3)29-15-16-30(38(4,5)6)28-18-22-20-32-31(19-21(22)17-27(28)29)39-35-33-23-11-7-9-13-25(23)34(36(35)40-32)26-14-10-8-12-24(26)33/h7-20,33-34H,1-6H3. The van der Waals surface area contributed by atoms with Crippen LogP contribution in [0.5, 0.6) is 0 Å². The maximum Gasteiger partial charge on any atom is 0.0897 e. The van der Waals surface area contributed by atoms with Crippen molar-refractivity contribution in [2.45, 2.75) is 64.2 Å². The van der Waals surface area contributed by atoms with Crippen molar-refractivity contribution in [1.29, 1.82) is 0 Å². The van der Waals surface area contributed by atoms with E-state index in [0.717, 1.165) is 22.4 Å². The molecule has 0 spiro atoms. The summed E-state index contributed by atoms with van der Waals surface area (Å²) in [5.74, 6) is 0.275. The Labute approximate surface area is 236 Å². The molecule has 40 heavy (non-hydrogen) atoms. The van der Waals surface area contributed by atoms with Crippen molar-refractivity contribution in [3.05, 3.63) is 130 Å². The molecule has 5 aromatic carbocycles. The summed E-state index contributed by atoms with van der Waals surface area (Å²) in [7, 11) is 0. The van der Waals surface area contributed by atoms with Gasteiger partial charge in [-0.3, -0.25) is 0 Å². The lowest BCUT2D eigenvalue weighted by atomic mass is 9.64. The maximum absolute atomic E-state index is 5.39. The molecule has 0 fully saturated rings. The average molecular weight is 519 g/mol. The van der Waals surface area contributed by atoms with Gasteiger partial charge in [-0.2, -0.15) is 0 Å². The van der Waals surface area contributed by atoms with E-state index in [2.05, 4.69) is 126 Å². The predicted octanol–water partition coefficient (Wildman–Crippen LogP) is 9.52. The number of aromatic nitrogens is 2. The van der Waals surface area contributed by atoms with Crippen molar-refractivity contribution in [2.24, 2.45) is 0 Å². The van der Waals surface area contributed by atoms with Crippen LogP contribution in [0.3, 0.4) is 0 Å². The van der Waals surface area contributed by atoms with Crippen LogP contribution in [0.4, 0.5) is 0 Å². The third kappa shape index (κ3) is 3.22. The molecule has 0 radical (unpaired) electrons. The van der Waals surface area contributed by atoms with Gasteiger partial charge in [0.05, 0.1) is 34.3 Å². The summed E-state index contributed by atoms with van der Waals surface area (Å²) in [5, 5.41) is 5.15. The van der Waals surface area contributed by atoms with Crippen molar-refractivity contribution in [2.75, 3.05) is 0 Å². The molecule has 0 aliphatic heterocycles. The highest BCUT2D eigenvalue weighted by Gasteiger charge is 2.43. The minimum atomic E-state index is 0.0537. The number of rotatable bonds is 0. The lowest BCUT2D eigenvalue weighted by Gasteiger charge is -2.40. The predicted molar refractivity (Wildman–Crippen MR) is 167 cm³/mol. The molecule has 0 N–H and O–H groups in total. The largest absolute Gasteiger partial charge is 0.248 e. The van der Waals surface area contributed by atoms with Crippen molar-refractivity contribution >= 4 is 32.6 Å². The van der Waals surface area contributed by atoms with Crippen molar-refractivity contribution in [3.8, 4) is 0 Å². The van der Waals surface area contributed by atoms with Gasteiger partial charge >= 0.3 is 0 Å². The molecular formula is C38H34N2. The SMILES string of the molecule is CC(C)(C)c1ccc(C(C)(C)C)c2cc3cc4nc5c(nc4cc3cc12)C1c2ccccc2C5c2ccccc21. The Hall–Kier alpha value is -4.04. The fourth-order valence-electron chi connectivity index (χ4n) is 7.40. The summed E-state index contributed by atoms with van der Waals surface area (Å²) in [6.07, 6.45) is 0. The van der Waals surface area contributed by atoms with E-state index < -0.39 is 0 Å². The molecule has 1 aromatic heterocycles. The number of fused-ring (bicyclic) bond motifs is 3. The van der Waals surface area contributed by atoms with E-state index in [-0.39, 0.29) is 22.7 Å².